The van der Waals surface area contributed by atoms with Crippen LogP contribution in [0.3, 0.4) is 0 Å². The summed E-state index contributed by atoms with van der Waals surface area (Å²) in [4.78, 5) is 0. The molecule has 1 aliphatic heterocycles. The second-order valence-electron chi connectivity index (χ2n) is 11.2. The standard InChI is InChI=1S/C26H38O3/c1-17-9-11-24(2,19(13-17)15-27)21-10-12-25(3)22(20(21)16-28)14-23-26(25,29-23)18-7-5-4-6-8-18/h4-8,17,19-23,27-28H,9-16H2,1-3H3/t17-,19+,20+,21-,22-,23+,24-,25-,26+/m0/s1. The molecule has 160 valence electrons. The molecule has 0 aromatic heterocycles. The topological polar surface area (TPSA) is 53.0 Å². The Hall–Kier alpha value is -0.900. The van der Waals surface area contributed by atoms with E-state index < -0.39 is 0 Å². The number of benzene rings is 1. The van der Waals surface area contributed by atoms with Gasteiger partial charge in [-0.1, -0.05) is 57.5 Å². The molecule has 3 aliphatic carbocycles. The van der Waals surface area contributed by atoms with Crippen LogP contribution in [0.4, 0.5) is 0 Å². The number of hydrogen-bond donors (Lipinski definition) is 2. The quantitative estimate of drug-likeness (QED) is 0.719. The van der Waals surface area contributed by atoms with Crippen LogP contribution in [0.1, 0.15) is 64.9 Å². The Morgan fingerprint density at radius 2 is 1.72 bits per heavy atom. The molecule has 0 amide bonds. The number of rotatable bonds is 4. The monoisotopic (exact) mass is 398 g/mol. The van der Waals surface area contributed by atoms with Crippen LogP contribution in [-0.4, -0.2) is 29.5 Å². The molecule has 1 aromatic carbocycles. The van der Waals surface area contributed by atoms with E-state index in [1.807, 2.05) is 0 Å². The van der Waals surface area contributed by atoms with Gasteiger partial charge >= 0.3 is 0 Å². The van der Waals surface area contributed by atoms with Crippen LogP contribution >= 0.6 is 0 Å². The first-order valence-electron chi connectivity index (χ1n) is 11.9. The molecule has 1 saturated heterocycles. The van der Waals surface area contributed by atoms with Crippen molar-refractivity contribution in [2.24, 2.45) is 40.4 Å². The van der Waals surface area contributed by atoms with Gasteiger partial charge in [-0.25, -0.2) is 0 Å². The zero-order chi connectivity index (χ0) is 20.4. The highest BCUT2D eigenvalue weighted by Gasteiger charge is 2.77. The van der Waals surface area contributed by atoms with Crippen molar-refractivity contribution >= 4 is 0 Å². The molecule has 9 atom stereocenters. The van der Waals surface area contributed by atoms with Crippen LogP contribution in [0.5, 0.6) is 0 Å². The Balaban J connectivity index is 1.47. The maximum atomic E-state index is 10.6. The Labute approximate surface area is 175 Å². The highest BCUT2D eigenvalue weighted by molar-refractivity contribution is 5.37. The number of aliphatic hydroxyl groups excluding tert-OH is 2. The molecule has 3 saturated carbocycles. The minimum Gasteiger partial charge on any atom is -0.396 e. The predicted octanol–water partition coefficient (Wildman–Crippen LogP) is 4.76. The van der Waals surface area contributed by atoms with E-state index in [9.17, 15) is 10.2 Å². The van der Waals surface area contributed by atoms with Crippen LogP contribution in [0.2, 0.25) is 0 Å². The maximum Gasteiger partial charge on any atom is 0.125 e. The smallest absolute Gasteiger partial charge is 0.125 e. The second kappa shape index (κ2) is 6.80. The first-order valence-corrected chi connectivity index (χ1v) is 11.9. The van der Waals surface area contributed by atoms with E-state index in [4.69, 9.17) is 4.74 Å². The number of aliphatic hydroxyl groups is 2. The molecule has 0 radical (unpaired) electrons. The summed E-state index contributed by atoms with van der Waals surface area (Å²) in [5, 5.41) is 20.9. The summed E-state index contributed by atoms with van der Waals surface area (Å²) in [6.07, 6.45) is 7.25. The van der Waals surface area contributed by atoms with E-state index in [-0.39, 0.29) is 29.6 Å². The van der Waals surface area contributed by atoms with Gasteiger partial charge in [0, 0.05) is 18.6 Å². The third-order valence-corrected chi connectivity index (χ3v) is 10.1. The zero-order valence-corrected chi connectivity index (χ0v) is 18.3. The Morgan fingerprint density at radius 3 is 2.41 bits per heavy atom. The van der Waals surface area contributed by atoms with Crippen LogP contribution in [0.15, 0.2) is 30.3 Å². The third kappa shape index (κ3) is 2.60. The Kier molecular flexibility index (Phi) is 4.70. The average molecular weight is 399 g/mol. The molecule has 1 aromatic rings. The van der Waals surface area contributed by atoms with Gasteiger partial charge in [0.15, 0.2) is 0 Å². The normalized spacial score (nSPS) is 51.3. The van der Waals surface area contributed by atoms with E-state index in [2.05, 4.69) is 51.1 Å². The molecule has 0 spiro atoms. The summed E-state index contributed by atoms with van der Waals surface area (Å²) in [5.41, 5.74) is 1.42. The SMILES string of the molecule is C[C@H]1CC[C@](C)([C@H]2CC[C@@]3(C)[C@@H](C[C@H]4O[C@]43c3ccccc3)[C@@H]2CO)[C@@H](CO)C1. The predicted molar refractivity (Wildman–Crippen MR) is 114 cm³/mol. The first-order chi connectivity index (χ1) is 13.9. The number of ether oxygens (including phenoxy) is 1. The Morgan fingerprint density at radius 1 is 0.966 bits per heavy atom. The lowest BCUT2D eigenvalue weighted by atomic mass is 9.48. The molecule has 0 bridgehead atoms. The van der Waals surface area contributed by atoms with Crippen molar-refractivity contribution in [2.75, 3.05) is 13.2 Å². The Bertz CT molecular complexity index is 750. The van der Waals surface area contributed by atoms with Gasteiger partial charge in [-0.15, -0.1) is 0 Å². The lowest BCUT2D eigenvalue weighted by Gasteiger charge is -2.57. The summed E-state index contributed by atoms with van der Waals surface area (Å²) in [6, 6.07) is 10.8. The number of fused-ring (bicyclic) bond motifs is 3. The van der Waals surface area contributed by atoms with Crippen LogP contribution in [0, 0.1) is 40.4 Å². The highest BCUT2D eigenvalue weighted by atomic mass is 16.6. The molecule has 5 rings (SSSR count). The molecule has 2 N–H and O–H groups in total. The fraction of sp³-hybridized carbons (Fsp3) is 0.769. The van der Waals surface area contributed by atoms with Gasteiger partial charge in [0.2, 0.25) is 0 Å². The minimum absolute atomic E-state index is 0.0932. The van der Waals surface area contributed by atoms with E-state index >= 15 is 0 Å². The fourth-order valence-electron chi connectivity index (χ4n) is 8.39. The average Bonchev–Trinajstić information content (AvgIpc) is 3.41. The molecule has 4 aliphatic rings. The number of hydrogen-bond acceptors (Lipinski definition) is 3. The summed E-state index contributed by atoms with van der Waals surface area (Å²) >= 11 is 0. The van der Waals surface area contributed by atoms with Gasteiger partial charge in [-0.05, 0) is 72.7 Å². The molecule has 0 unspecified atom stereocenters. The molecule has 3 nitrogen and oxygen atoms in total. The van der Waals surface area contributed by atoms with Crippen molar-refractivity contribution in [3.05, 3.63) is 35.9 Å². The van der Waals surface area contributed by atoms with E-state index in [0.717, 1.165) is 25.7 Å². The lowest BCUT2D eigenvalue weighted by Crippen LogP contribution is -2.53. The van der Waals surface area contributed by atoms with Gasteiger partial charge in [0.1, 0.15) is 5.60 Å². The maximum absolute atomic E-state index is 10.6. The lowest BCUT2D eigenvalue weighted by molar-refractivity contribution is -0.125. The van der Waals surface area contributed by atoms with E-state index in [1.54, 1.807) is 0 Å². The van der Waals surface area contributed by atoms with Crippen LogP contribution in [0.25, 0.3) is 0 Å². The van der Waals surface area contributed by atoms with Crippen molar-refractivity contribution in [1.82, 2.24) is 0 Å². The summed E-state index contributed by atoms with van der Waals surface area (Å²) in [7, 11) is 0. The van der Waals surface area contributed by atoms with Crippen LogP contribution < -0.4 is 0 Å². The second-order valence-corrected chi connectivity index (χ2v) is 11.2. The van der Waals surface area contributed by atoms with Gasteiger partial charge in [0.25, 0.3) is 0 Å². The first kappa shape index (κ1) is 20.0. The molecule has 3 heteroatoms. The molecular weight excluding hydrogens is 360 g/mol. The van der Waals surface area contributed by atoms with Crippen molar-refractivity contribution in [2.45, 2.75) is 71.0 Å². The summed E-state index contributed by atoms with van der Waals surface area (Å²) in [6.45, 7) is 7.75. The fourth-order valence-corrected chi connectivity index (χ4v) is 8.39. The van der Waals surface area contributed by atoms with Crippen LogP contribution in [-0.2, 0) is 10.3 Å². The largest absolute Gasteiger partial charge is 0.396 e. The zero-order valence-electron chi connectivity index (χ0n) is 18.3. The summed E-state index contributed by atoms with van der Waals surface area (Å²) < 4.78 is 6.43. The minimum atomic E-state index is -0.143. The van der Waals surface area contributed by atoms with Crippen molar-refractivity contribution in [1.29, 1.82) is 0 Å². The van der Waals surface area contributed by atoms with E-state index in [1.165, 1.54) is 18.4 Å². The van der Waals surface area contributed by atoms with Gasteiger partial charge < -0.3 is 14.9 Å². The van der Waals surface area contributed by atoms with Crippen molar-refractivity contribution < 1.29 is 14.9 Å². The summed E-state index contributed by atoms with van der Waals surface area (Å²) in [5.74, 6) is 2.39. The molecule has 1 heterocycles. The van der Waals surface area contributed by atoms with Gasteiger partial charge in [-0.3, -0.25) is 0 Å². The molecule has 29 heavy (non-hydrogen) atoms. The van der Waals surface area contributed by atoms with Crippen molar-refractivity contribution in [3.8, 4) is 0 Å². The van der Waals surface area contributed by atoms with Gasteiger partial charge in [0.05, 0.1) is 6.10 Å². The highest BCUT2D eigenvalue weighted by Crippen LogP contribution is 2.75. The van der Waals surface area contributed by atoms with E-state index in [0.29, 0.717) is 35.7 Å². The number of epoxide rings is 1. The molecular formula is C26H38O3. The molecule has 4 fully saturated rings. The third-order valence-electron chi connectivity index (χ3n) is 10.1. The van der Waals surface area contributed by atoms with Crippen molar-refractivity contribution in [3.63, 3.8) is 0 Å². The van der Waals surface area contributed by atoms with Gasteiger partial charge in [-0.2, -0.15) is 0 Å².